The molecule has 226 valence electrons. The van der Waals surface area contributed by atoms with E-state index in [4.69, 9.17) is 9.47 Å². The van der Waals surface area contributed by atoms with Crippen LogP contribution in [0, 0.1) is 6.92 Å². The molecule has 0 amide bonds. The van der Waals surface area contributed by atoms with Crippen molar-refractivity contribution in [3.8, 4) is 11.5 Å². The molecule has 0 aliphatic heterocycles. The molecule has 5 nitrogen and oxygen atoms in total. The van der Waals surface area contributed by atoms with Gasteiger partial charge in [-0.05, 0) is 61.9 Å². The molecule has 0 aliphatic rings. The lowest BCUT2D eigenvalue weighted by atomic mass is 10.1. The van der Waals surface area contributed by atoms with Crippen LogP contribution >= 0.6 is 0 Å². The molecular formula is C38H46N2O3. The van der Waals surface area contributed by atoms with Gasteiger partial charge in [0.1, 0.15) is 11.5 Å². The number of carbonyl (C=O) groups excluding carboxylic acids is 1. The van der Waals surface area contributed by atoms with Crippen molar-refractivity contribution in [1.29, 1.82) is 0 Å². The fourth-order valence-electron chi connectivity index (χ4n) is 5.13. The third-order valence-electron chi connectivity index (χ3n) is 7.73. The first-order valence-electron chi connectivity index (χ1n) is 16.1. The third-order valence-corrected chi connectivity index (χ3v) is 7.73. The van der Waals surface area contributed by atoms with Crippen molar-refractivity contribution in [2.75, 3.05) is 6.61 Å². The average Bonchev–Trinajstić information content (AvgIpc) is 3.04. The Hall–Kier alpha value is -3.99. The number of azo groups is 1. The quantitative estimate of drug-likeness (QED) is 0.0510. The number of benzene rings is 4. The number of hydrogen-bond acceptors (Lipinski definition) is 5. The normalized spacial score (nSPS) is 11.3. The summed E-state index contributed by atoms with van der Waals surface area (Å²) in [4.78, 5) is 13.0. The van der Waals surface area contributed by atoms with Gasteiger partial charge in [-0.1, -0.05) is 120 Å². The highest BCUT2D eigenvalue weighted by Gasteiger charge is 2.13. The third kappa shape index (κ3) is 10.7. The largest absolute Gasteiger partial charge is 0.494 e. The predicted octanol–water partition coefficient (Wildman–Crippen LogP) is 11.9. The van der Waals surface area contributed by atoms with Crippen LogP contribution in [-0.4, -0.2) is 12.6 Å². The molecule has 4 aromatic rings. The first kappa shape index (κ1) is 31.9. The summed E-state index contributed by atoms with van der Waals surface area (Å²) >= 11 is 0. The van der Waals surface area contributed by atoms with Crippen molar-refractivity contribution >= 4 is 28.1 Å². The summed E-state index contributed by atoms with van der Waals surface area (Å²) in [5.41, 5.74) is 3.15. The maximum atomic E-state index is 13.0. The van der Waals surface area contributed by atoms with Gasteiger partial charge in [0.05, 0.1) is 23.5 Å². The van der Waals surface area contributed by atoms with Gasteiger partial charge in [-0.25, -0.2) is 4.79 Å². The molecule has 0 N–H and O–H groups in total. The molecule has 0 fully saturated rings. The molecule has 4 aromatic carbocycles. The highest BCUT2D eigenvalue weighted by atomic mass is 16.5. The van der Waals surface area contributed by atoms with Crippen LogP contribution in [0.15, 0.2) is 95.2 Å². The Kier molecular flexibility index (Phi) is 13.3. The van der Waals surface area contributed by atoms with Crippen molar-refractivity contribution in [3.05, 3.63) is 96.1 Å². The van der Waals surface area contributed by atoms with Gasteiger partial charge in [-0.2, -0.15) is 5.11 Å². The molecule has 5 heteroatoms. The van der Waals surface area contributed by atoms with E-state index in [1.807, 2.05) is 73.7 Å². The van der Waals surface area contributed by atoms with Crippen molar-refractivity contribution in [2.24, 2.45) is 10.2 Å². The lowest BCUT2D eigenvalue weighted by Gasteiger charge is -2.10. The van der Waals surface area contributed by atoms with E-state index in [9.17, 15) is 4.79 Å². The van der Waals surface area contributed by atoms with Crippen LogP contribution in [0.1, 0.15) is 99.9 Å². The summed E-state index contributed by atoms with van der Waals surface area (Å²) < 4.78 is 11.7. The van der Waals surface area contributed by atoms with Crippen LogP contribution in [-0.2, 0) is 0 Å². The molecule has 0 spiro atoms. The number of aryl methyl sites for hydroxylation is 1. The predicted molar refractivity (Wildman–Crippen MR) is 177 cm³/mol. The van der Waals surface area contributed by atoms with Crippen molar-refractivity contribution in [2.45, 2.75) is 90.9 Å². The number of ether oxygens (including phenoxy) is 2. The van der Waals surface area contributed by atoms with E-state index < -0.39 is 5.97 Å². The number of hydrogen-bond donors (Lipinski definition) is 0. The van der Waals surface area contributed by atoms with E-state index in [1.165, 1.54) is 76.2 Å². The Morgan fingerprint density at radius 2 is 1.23 bits per heavy atom. The van der Waals surface area contributed by atoms with Crippen LogP contribution in [0.2, 0.25) is 0 Å². The van der Waals surface area contributed by atoms with E-state index >= 15 is 0 Å². The maximum Gasteiger partial charge on any atom is 0.343 e. The molecule has 0 radical (unpaired) electrons. The lowest BCUT2D eigenvalue weighted by molar-refractivity contribution is 0.0737. The van der Waals surface area contributed by atoms with Crippen LogP contribution in [0.5, 0.6) is 11.5 Å². The SMILES string of the molecule is CCCCCCCCCCCCCCOc1ccc(C(=O)Oc2ccc(N=Nc3ccc(C)cc3)c3ccccc23)cc1. The van der Waals surface area contributed by atoms with Crippen molar-refractivity contribution in [3.63, 3.8) is 0 Å². The Morgan fingerprint density at radius 3 is 1.88 bits per heavy atom. The summed E-state index contributed by atoms with van der Waals surface area (Å²) in [6, 6.07) is 26.4. The van der Waals surface area contributed by atoms with E-state index in [0.29, 0.717) is 23.6 Å². The highest BCUT2D eigenvalue weighted by molar-refractivity contribution is 5.99. The van der Waals surface area contributed by atoms with E-state index in [0.717, 1.165) is 28.6 Å². The zero-order valence-electron chi connectivity index (χ0n) is 25.9. The van der Waals surface area contributed by atoms with Gasteiger partial charge in [0.15, 0.2) is 0 Å². The van der Waals surface area contributed by atoms with Gasteiger partial charge in [-0.15, -0.1) is 5.11 Å². The number of nitrogens with zero attached hydrogens (tertiary/aromatic N) is 2. The van der Waals surface area contributed by atoms with Crippen LogP contribution in [0.4, 0.5) is 11.4 Å². The number of fused-ring (bicyclic) bond motifs is 1. The van der Waals surface area contributed by atoms with Gasteiger partial charge in [0, 0.05) is 10.8 Å². The molecule has 0 heterocycles. The van der Waals surface area contributed by atoms with Crippen molar-refractivity contribution < 1.29 is 14.3 Å². The van der Waals surface area contributed by atoms with Gasteiger partial charge < -0.3 is 9.47 Å². The summed E-state index contributed by atoms with van der Waals surface area (Å²) in [7, 11) is 0. The standard InChI is InChI=1S/C38H46N2O3/c1-3-4-5-6-7-8-9-10-11-12-13-16-29-42-33-25-21-31(22-26-33)38(41)43-37-28-27-36(34-17-14-15-18-35(34)37)40-39-32-23-19-30(2)20-24-32/h14-15,17-28H,3-13,16,29H2,1-2H3. The average molecular weight is 579 g/mol. The van der Waals surface area contributed by atoms with Crippen LogP contribution in [0.3, 0.4) is 0 Å². The highest BCUT2D eigenvalue weighted by Crippen LogP contribution is 2.34. The molecule has 43 heavy (non-hydrogen) atoms. The number of unbranched alkanes of at least 4 members (excludes halogenated alkanes) is 11. The topological polar surface area (TPSA) is 60.2 Å². The van der Waals surface area contributed by atoms with Gasteiger partial charge in [0.2, 0.25) is 0 Å². The second kappa shape index (κ2) is 17.8. The van der Waals surface area contributed by atoms with Gasteiger partial charge in [-0.3, -0.25) is 0 Å². The van der Waals surface area contributed by atoms with E-state index in [-0.39, 0.29) is 0 Å². The zero-order chi connectivity index (χ0) is 30.1. The molecule has 0 unspecified atom stereocenters. The fraction of sp³-hybridized carbons (Fsp3) is 0.395. The monoisotopic (exact) mass is 578 g/mol. The second-order valence-electron chi connectivity index (χ2n) is 11.3. The first-order chi connectivity index (χ1) is 21.1. The Morgan fingerprint density at radius 1 is 0.628 bits per heavy atom. The summed E-state index contributed by atoms with van der Waals surface area (Å²) in [6.45, 7) is 5.00. The number of carbonyl (C=O) groups is 1. The number of esters is 1. The molecule has 0 bridgehead atoms. The number of rotatable bonds is 18. The molecule has 0 aliphatic carbocycles. The van der Waals surface area contributed by atoms with Gasteiger partial charge >= 0.3 is 5.97 Å². The first-order valence-corrected chi connectivity index (χ1v) is 16.1. The smallest absolute Gasteiger partial charge is 0.343 e. The molecular weight excluding hydrogens is 532 g/mol. The maximum absolute atomic E-state index is 13.0. The molecule has 4 rings (SSSR count). The van der Waals surface area contributed by atoms with Crippen LogP contribution in [0.25, 0.3) is 10.8 Å². The van der Waals surface area contributed by atoms with E-state index in [1.54, 1.807) is 18.2 Å². The lowest BCUT2D eigenvalue weighted by Crippen LogP contribution is -2.08. The summed E-state index contributed by atoms with van der Waals surface area (Å²) in [6.07, 6.45) is 15.9. The zero-order valence-corrected chi connectivity index (χ0v) is 25.9. The molecule has 0 saturated carbocycles. The molecule has 0 saturated heterocycles. The second-order valence-corrected chi connectivity index (χ2v) is 11.3. The Bertz CT molecular complexity index is 1430. The minimum absolute atomic E-state index is 0.410. The summed E-state index contributed by atoms with van der Waals surface area (Å²) in [5, 5.41) is 10.5. The molecule has 0 atom stereocenters. The van der Waals surface area contributed by atoms with Crippen LogP contribution < -0.4 is 9.47 Å². The molecule has 0 aromatic heterocycles. The Labute approximate surface area is 257 Å². The minimum Gasteiger partial charge on any atom is -0.494 e. The Balaban J connectivity index is 1.20. The summed E-state index contributed by atoms with van der Waals surface area (Å²) in [5.74, 6) is 0.849. The van der Waals surface area contributed by atoms with E-state index in [2.05, 4.69) is 17.2 Å². The van der Waals surface area contributed by atoms with Gasteiger partial charge in [0.25, 0.3) is 0 Å². The minimum atomic E-state index is -0.410. The fourth-order valence-corrected chi connectivity index (χ4v) is 5.13. The van der Waals surface area contributed by atoms with Crippen molar-refractivity contribution in [1.82, 2.24) is 0 Å².